The highest BCUT2D eigenvalue weighted by atomic mass is 17.1. The summed E-state index contributed by atoms with van der Waals surface area (Å²) < 4.78 is 0. The molecule has 0 aromatic rings. The lowest BCUT2D eigenvalue weighted by Crippen LogP contribution is -2.70. The molecule has 0 aliphatic carbocycles. The van der Waals surface area contributed by atoms with Crippen molar-refractivity contribution in [3.63, 3.8) is 0 Å². The van der Waals surface area contributed by atoms with E-state index in [2.05, 4.69) is 14.5 Å². The molecule has 0 heterocycles. The van der Waals surface area contributed by atoms with Crippen LogP contribution in [-0.4, -0.2) is 59.4 Å². The van der Waals surface area contributed by atoms with Crippen molar-refractivity contribution in [2.24, 2.45) is 5.92 Å². The molecule has 0 bridgehead atoms. The Balaban J connectivity index is 6.36. The van der Waals surface area contributed by atoms with Gasteiger partial charge in [-0.1, -0.05) is 13.8 Å². The first kappa shape index (κ1) is 21.9. The first-order valence-corrected chi connectivity index (χ1v) is 5.94. The number of nitro groups is 1. The number of aliphatic hydroxyl groups is 3. The number of aliphatic hydroxyl groups excluding tert-OH is 1. The van der Waals surface area contributed by atoms with Crippen LogP contribution in [0, 0.1) is 46.4 Å². The second-order valence-corrected chi connectivity index (χ2v) is 4.69. The minimum Gasteiger partial charge on any atom is -0.381 e. The molecule has 0 spiro atoms. The van der Waals surface area contributed by atoms with Gasteiger partial charge in [0.05, 0.1) is 0 Å². The molecular formula is C7H12N4O14. The van der Waals surface area contributed by atoms with Gasteiger partial charge in [-0.15, -0.1) is 30.3 Å². The summed E-state index contributed by atoms with van der Waals surface area (Å²) in [6, 6.07) is -2.37. The Morgan fingerprint density at radius 1 is 0.840 bits per heavy atom. The van der Waals surface area contributed by atoms with Gasteiger partial charge in [0.15, 0.2) is 6.10 Å². The number of hydrogen-bond acceptors (Lipinski definition) is 14. The first-order valence-electron chi connectivity index (χ1n) is 5.94. The molecule has 3 N–H and O–H groups in total. The molecule has 0 fully saturated rings. The third-order valence-corrected chi connectivity index (χ3v) is 2.71. The average molecular weight is 376 g/mol. The zero-order valence-electron chi connectivity index (χ0n) is 12.4. The molecule has 0 aliphatic rings. The second kappa shape index (κ2) is 7.63. The van der Waals surface area contributed by atoms with Crippen LogP contribution in [0.25, 0.3) is 0 Å². The quantitative estimate of drug-likeness (QED) is 0.193. The number of nitrogens with zero attached hydrogens (tertiary/aromatic N) is 4. The van der Waals surface area contributed by atoms with Crippen molar-refractivity contribution in [2.45, 2.75) is 37.8 Å². The predicted octanol–water partition coefficient (Wildman–Crippen LogP) is -2.39. The van der Waals surface area contributed by atoms with E-state index in [0.29, 0.717) is 0 Å². The van der Waals surface area contributed by atoms with Gasteiger partial charge in [0.1, 0.15) is 0 Å². The zero-order chi connectivity index (χ0) is 20.2. The highest BCUT2D eigenvalue weighted by molar-refractivity contribution is 4.90. The zero-order valence-corrected chi connectivity index (χ0v) is 12.4. The van der Waals surface area contributed by atoms with Crippen LogP contribution < -0.4 is 0 Å². The molecule has 144 valence electrons. The van der Waals surface area contributed by atoms with Gasteiger partial charge in [-0.2, -0.15) is 0 Å². The predicted molar refractivity (Wildman–Crippen MR) is 65.8 cm³/mol. The van der Waals surface area contributed by atoms with Crippen LogP contribution in [0.1, 0.15) is 13.8 Å². The standard InChI is InChI=1S/C7H12N4O14/c1-3(2)4(8(15)16)5(12)6(13,23-9(17)18)7(14,24-10(19)20)25-11(21)22/h3-5,12-14H,1-2H3. The third kappa shape index (κ3) is 4.92. The third-order valence-electron chi connectivity index (χ3n) is 2.71. The maximum Gasteiger partial charge on any atom is 0.420 e. The smallest absolute Gasteiger partial charge is 0.381 e. The van der Waals surface area contributed by atoms with E-state index in [-0.39, 0.29) is 0 Å². The van der Waals surface area contributed by atoms with E-state index < -0.39 is 50.0 Å². The van der Waals surface area contributed by atoms with Crippen LogP contribution in [0.2, 0.25) is 0 Å². The molecule has 0 aliphatic heterocycles. The van der Waals surface area contributed by atoms with E-state index in [1.165, 1.54) is 0 Å². The minimum atomic E-state index is -4.66. The summed E-state index contributed by atoms with van der Waals surface area (Å²) in [6.45, 7) is 2.15. The van der Waals surface area contributed by atoms with Gasteiger partial charge < -0.3 is 15.3 Å². The van der Waals surface area contributed by atoms with E-state index >= 15 is 0 Å². The van der Waals surface area contributed by atoms with Crippen molar-refractivity contribution in [1.29, 1.82) is 0 Å². The van der Waals surface area contributed by atoms with Gasteiger partial charge in [0.25, 0.3) is 15.3 Å². The summed E-state index contributed by atoms with van der Waals surface area (Å²) in [6.07, 6.45) is -3.17. The first-order chi connectivity index (χ1) is 11.2. The van der Waals surface area contributed by atoms with Gasteiger partial charge in [-0.3, -0.25) is 15.0 Å². The second-order valence-electron chi connectivity index (χ2n) is 4.69. The highest BCUT2D eigenvalue weighted by Gasteiger charge is 2.69. The Hall–Kier alpha value is -3.12. The van der Waals surface area contributed by atoms with Crippen LogP contribution in [0.5, 0.6) is 0 Å². The molecule has 3 unspecified atom stereocenters. The summed E-state index contributed by atoms with van der Waals surface area (Å²) in [5.74, 6) is -10.4. The van der Waals surface area contributed by atoms with Crippen molar-refractivity contribution >= 4 is 0 Å². The van der Waals surface area contributed by atoms with Crippen molar-refractivity contribution in [3.8, 4) is 0 Å². The van der Waals surface area contributed by atoms with Gasteiger partial charge in [0.2, 0.25) is 6.04 Å². The monoisotopic (exact) mass is 376 g/mol. The molecule has 25 heavy (non-hydrogen) atoms. The fraction of sp³-hybridized carbons (Fsp3) is 1.00. The van der Waals surface area contributed by atoms with Crippen LogP contribution in [0.3, 0.4) is 0 Å². The van der Waals surface area contributed by atoms with E-state index in [1.54, 1.807) is 0 Å². The molecule has 0 saturated carbocycles. The molecule has 18 nitrogen and oxygen atoms in total. The van der Waals surface area contributed by atoms with Crippen molar-refractivity contribution in [3.05, 3.63) is 40.5 Å². The molecule has 0 aromatic heterocycles. The van der Waals surface area contributed by atoms with E-state index in [9.17, 15) is 55.8 Å². The highest BCUT2D eigenvalue weighted by Crippen LogP contribution is 2.34. The van der Waals surface area contributed by atoms with E-state index in [4.69, 9.17) is 0 Å². The van der Waals surface area contributed by atoms with Gasteiger partial charge in [-0.25, -0.2) is 9.68 Å². The van der Waals surface area contributed by atoms with E-state index in [1.807, 2.05) is 0 Å². The van der Waals surface area contributed by atoms with Crippen LogP contribution in [0.15, 0.2) is 0 Å². The number of rotatable bonds is 11. The Morgan fingerprint density at radius 2 is 1.20 bits per heavy atom. The van der Waals surface area contributed by atoms with Gasteiger partial charge >= 0.3 is 11.8 Å². The van der Waals surface area contributed by atoms with Gasteiger partial charge in [0, 0.05) is 10.8 Å². The lowest BCUT2D eigenvalue weighted by atomic mass is 9.92. The van der Waals surface area contributed by atoms with Gasteiger partial charge in [-0.05, 0) is 0 Å². The van der Waals surface area contributed by atoms with Crippen molar-refractivity contribution < 1.29 is 50.0 Å². The maximum absolute atomic E-state index is 11.0. The molecule has 0 rings (SSSR count). The van der Waals surface area contributed by atoms with Crippen molar-refractivity contribution in [2.75, 3.05) is 0 Å². The maximum atomic E-state index is 11.0. The fourth-order valence-corrected chi connectivity index (χ4v) is 1.72. The Kier molecular flexibility index (Phi) is 6.68. The lowest BCUT2D eigenvalue weighted by Gasteiger charge is -2.39. The summed E-state index contributed by atoms with van der Waals surface area (Å²) in [5, 5.41) is 65.8. The lowest BCUT2D eigenvalue weighted by molar-refractivity contribution is -0.929. The SMILES string of the molecule is CC(C)C(C(O)C(O)(O[N+](=O)[O-])C(O)(O[N+](=O)[O-])O[N+](=O)[O-])[N+](=O)[O-]. The molecule has 18 heteroatoms. The molecule has 0 aromatic carbocycles. The minimum absolute atomic E-state index is 1.07. The van der Waals surface area contributed by atoms with Crippen LogP contribution in [-0.2, 0) is 14.5 Å². The van der Waals surface area contributed by atoms with E-state index in [0.717, 1.165) is 13.8 Å². The molecule has 0 amide bonds. The Morgan fingerprint density at radius 3 is 1.44 bits per heavy atom. The summed E-state index contributed by atoms with van der Waals surface area (Å²) in [4.78, 5) is 50.9. The number of hydrogen-bond donors (Lipinski definition) is 3. The molecule has 0 radical (unpaired) electrons. The fourth-order valence-electron chi connectivity index (χ4n) is 1.72. The van der Waals surface area contributed by atoms with Crippen molar-refractivity contribution in [1.82, 2.24) is 0 Å². The molecule has 0 saturated heterocycles. The Bertz CT molecular complexity index is 535. The largest absolute Gasteiger partial charge is 0.420 e. The van der Waals surface area contributed by atoms with Crippen LogP contribution in [0.4, 0.5) is 0 Å². The average Bonchev–Trinajstić information content (AvgIpc) is 2.34. The summed E-state index contributed by atoms with van der Waals surface area (Å²) in [5.41, 5.74) is 0. The summed E-state index contributed by atoms with van der Waals surface area (Å²) >= 11 is 0. The molecule has 3 atom stereocenters. The molecular weight excluding hydrogens is 364 g/mol. The topological polar surface area (TPSA) is 261 Å². The Labute approximate surface area is 135 Å². The normalized spacial score (nSPS) is 16.2. The van der Waals surface area contributed by atoms with Crippen LogP contribution >= 0.6 is 0 Å². The summed E-state index contributed by atoms with van der Waals surface area (Å²) in [7, 11) is 0.